The highest BCUT2D eigenvalue weighted by molar-refractivity contribution is 5.11. The van der Waals surface area contributed by atoms with E-state index in [9.17, 15) is 0 Å². The van der Waals surface area contributed by atoms with Crippen LogP contribution >= 0.6 is 0 Å². The predicted octanol–water partition coefficient (Wildman–Crippen LogP) is 2.98. The molecule has 2 N–H and O–H groups in total. The van der Waals surface area contributed by atoms with Crippen molar-refractivity contribution in [1.29, 1.82) is 0 Å². The maximum Gasteiger partial charge on any atom is 0.0547 e. The molecule has 0 aromatic carbocycles. The first-order chi connectivity index (χ1) is 9.48. The molecule has 3 unspecified atom stereocenters. The van der Waals surface area contributed by atoms with Crippen LogP contribution in [0.15, 0.2) is 18.2 Å². The lowest BCUT2D eigenvalue weighted by Gasteiger charge is -2.50. The van der Waals surface area contributed by atoms with Gasteiger partial charge in [-0.1, -0.05) is 26.3 Å². The lowest BCUT2D eigenvalue weighted by Crippen LogP contribution is -2.58. The minimum atomic E-state index is 0.128. The van der Waals surface area contributed by atoms with Crippen molar-refractivity contribution >= 4 is 0 Å². The number of hydrogen-bond acceptors (Lipinski definition) is 3. The molecule has 0 amide bonds. The number of nitrogens with zero attached hydrogens (tertiary/aromatic N) is 2. The van der Waals surface area contributed by atoms with E-state index < -0.39 is 0 Å². The van der Waals surface area contributed by atoms with E-state index in [4.69, 9.17) is 5.73 Å². The minimum Gasteiger partial charge on any atom is -0.329 e. The summed E-state index contributed by atoms with van der Waals surface area (Å²) in [4.78, 5) is 7.09. The van der Waals surface area contributed by atoms with Crippen LogP contribution < -0.4 is 5.73 Å². The van der Waals surface area contributed by atoms with Crippen molar-refractivity contribution in [3.05, 3.63) is 29.6 Å². The van der Waals surface area contributed by atoms with E-state index in [0.29, 0.717) is 5.92 Å². The molecule has 112 valence electrons. The molecule has 0 aliphatic heterocycles. The Balaban J connectivity index is 2.17. The van der Waals surface area contributed by atoms with Gasteiger partial charge >= 0.3 is 0 Å². The Morgan fingerprint density at radius 2 is 2.10 bits per heavy atom. The van der Waals surface area contributed by atoms with Crippen molar-refractivity contribution in [2.45, 2.75) is 52.1 Å². The van der Waals surface area contributed by atoms with Crippen LogP contribution in [0.4, 0.5) is 0 Å². The quantitative estimate of drug-likeness (QED) is 0.918. The largest absolute Gasteiger partial charge is 0.329 e. The SMILES string of the molecule is Cc1cccc(CN(C)C2(CN)CC(C)CCC2C)n1. The van der Waals surface area contributed by atoms with E-state index in [2.05, 4.69) is 42.9 Å². The second-order valence-electron chi connectivity index (χ2n) is 6.72. The van der Waals surface area contributed by atoms with E-state index in [0.717, 1.165) is 30.4 Å². The van der Waals surface area contributed by atoms with Crippen molar-refractivity contribution < 1.29 is 0 Å². The molecular formula is C17H29N3. The fraction of sp³-hybridized carbons (Fsp3) is 0.706. The maximum atomic E-state index is 6.21. The summed E-state index contributed by atoms with van der Waals surface area (Å²) in [5, 5.41) is 0. The average molecular weight is 275 g/mol. The molecule has 3 heteroatoms. The number of hydrogen-bond donors (Lipinski definition) is 1. The van der Waals surface area contributed by atoms with Crippen molar-refractivity contribution in [2.24, 2.45) is 17.6 Å². The normalized spacial score (nSPS) is 30.7. The fourth-order valence-electron chi connectivity index (χ4n) is 3.77. The number of nitrogens with two attached hydrogens (primary N) is 1. The van der Waals surface area contributed by atoms with Gasteiger partial charge in [0.25, 0.3) is 0 Å². The Morgan fingerprint density at radius 1 is 1.35 bits per heavy atom. The van der Waals surface area contributed by atoms with Gasteiger partial charge in [-0.3, -0.25) is 9.88 Å². The molecule has 0 bridgehead atoms. The Labute approximate surface area is 123 Å². The summed E-state index contributed by atoms with van der Waals surface area (Å²) in [6.07, 6.45) is 3.82. The third-order valence-corrected chi connectivity index (χ3v) is 5.17. The number of aromatic nitrogens is 1. The summed E-state index contributed by atoms with van der Waals surface area (Å²) in [7, 11) is 2.21. The third kappa shape index (κ3) is 3.04. The standard InChI is InChI=1S/C17H29N3/c1-13-8-9-14(2)17(10-13,12-18)20(4)11-16-7-5-6-15(3)19-16/h5-7,13-14H,8-12,18H2,1-4H3. The molecule has 1 aromatic heterocycles. The van der Waals surface area contributed by atoms with Crippen LogP contribution in [0.1, 0.15) is 44.5 Å². The number of rotatable bonds is 4. The molecule has 1 fully saturated rings. The summed E-state index contributed by atoms with van der Waals surface area (Å²) >= 11 is 0. The van der Waals surface area contributed by atoms with Gasteiger partial charge < -0.3 is 5.73 Å². The summed E-state index contributed by atoms with van der Waals surface area (Å²) in [6.45, 7) is 8.39. The second-order valence-corrected chi connectivity index (χ2v) is 6.72. The highest BCUT2D eigenvalue weighted by atomic mass is 15.2. The molecule has 0 radical (unpaired) electrons. The molecule has 3 atom stereocenters. The Kier molecular flexibility index (Phi) is 4.82. The zero-order valence-corrected chi connectivity index (χ0v) is 13.4. The molecule has 1 heterocycles. The molecule has 1 aliphatic carbocycles. The van der Waals surface area contributed by atoms with Gasteiger partial charge in [0.05, 0.1) is 5.69 Å². The van der Waals surface area contributed by atoms with Gasteiger partial charge in [0.1, 0.15) is 0 Å². The Bertz CT molecular complexity index is 446. The van der Waals surface area contributed by atoms with Gasteiger partial charge in [-0.25, -0.2) is 0 Å². The van der Waals surface area contributed by atoms with Crippen LogP contribution in [0.2, 0.25) is 0 Å². The molecule has 20 heavy (non-hydrogen) atoms. The fourth-order valence-corrected chi connectivity index (χ4v) is 3.77. The minimum absolute atomic E-state index is 0.128. The van der Waals surface area contributed by atoms with Crippen LogP contribution in [0.25, 0.3) is 0 Å². The van der Waals surface area contributed by atoms with Crippen molar-refractivity contribution in [3.63, 3.8) is 0 Å². The van der Waals surface area contributed by atoms with Crippen LogP contribution in [0.5, 0.6) is 0 Å². The smallest absolute Gasteiger partial charge is 0.0547 e. The van der Waals surface area contributed by atoms with Crippen molar-refractivity contribution in [2.75, 3.05) is 13.6 Å². The van der Waals surface area contributed by atoms with Gasteiger partial charge in [-0.15, -0.1) is 0 Å². The summed E-state index contributed by atoms with van der Waals surface area (Å²) in [5.41, 5.74) is 8.57. The maximum absolute atomic E-state index is 6.21. The molecule has 0 saturated heterocycles. The first kappa shape index (κ1) is 15.5. The molecule has 1 aliphatic rings. The van der Waals surface area contributed by atoms with Gasteiger partial charge in [0.2, 0.25) is 0 Å². The molecular weight excluding hydrogens is 246 g/mol. The van der Waals surface area contributed by atoms with E-state index >= 15 is 0 Å². The zero-order valence-electron chi connectivity index (χ0n) is 13.4. The molecule has 1 aromatic rings. The number of pyridine rings is 1. The van der Waals surface area contributed by atoms with Crippen LogP contribution in [-0.4, -0.2) is 29.0 Å². The van der Waals surface area contributed by atoms with Gasteiger partial charge in [0, 0.05) is 24.3 Å². The second kappa shape index (κ2) is 6.23. The summed E-state index contributed by atoms with van der Waals surface area (Å²) in [5.74, 6) is 1.42. The Hall–Kier alpha value is -0.930. The molecule has 1 saturated carbocycles. The highest BCUT2D eigenvalue weighted by Crippen LogP contribution is 2.40. The van der Waals surface area contributed by atoms with Gasteiger partial charge in [-0.2, -0.15) is 0 Å². The first-order valence-corrected chi connectivity index (χ1v) is 7.82. The predicted molar refractivity (Wildman–Crippen MR) is 84.4 cm³/mol. The van der Waals surface area contributed by atoms with Crippen LogP contribution in [-0.2, 0) is 6.54 Å². The monoisotopic (exact) mass is 275 g/mol. The zero-order chi connectivity index (χ0) is 14.8. The molecule has 2 rings (SSSR count). The van der Waals surface area contributed by atoms with Crippen LogP contribution in [0, 0.1) is 18.8 Å². The van der Waals surface area contributed by atoms with Gasteiger partial charge in [0.15, 0.2) is 0 Å². The lowest BCUT2D eigenvalue weighted by atomic mass is 9.68. The third-order valence-electron chi connectivity index (χ3n) is 5.17. The van der Waals surface area contributed by atoms with Crippen LogP contribution in [0.3, 0.4) is 0 Å². The number of likely N-dealkylation sites (N-methyl/N-ethyl adjacent to an activating group) is 1. The number of aryl methyl sites for hydroxylation is 1. The first-order valence-electron chi connectivity index (χ1n) is 7.82. The lowest BCUT2D eigenvalue weighted by molar-refractivity contribution is 0.00830. The van der Waals surface area contributed by atoms with Gasteiger partial charge in [-0.05, 0) is 50.8 Å². The average Bonchev–Trinajstić information content (AvgIpc) is 2.41. The molecule has 0 spiro atoms. The molecule has 3 nitrogen and oxygen atoms in total. The topological polar surface area (TPSA) is 42.1 Å². The van der Waals surface area contributed by atoms with Crippen molar-refractivity contribution in [1.82, 2.24) is 9.88 Å². The van der Waals surface area contributed by atoms with E-state index in [1.807, 2.05) is 13.0 Å². The van der Waals surface area contributed by atoms with E-state index in [1.54, 1.807) is 0 Å². The van der Waals surface area contributed by atoms with E-state index in [1.165, 1.54) is 19.3 Å². The summed E-state index contributed by atoms with van der Waals surface area (Å²) < 4.78 is 0. The Morgan fingerprint density at radius 3 is 2.75 bits per heavy atom. The highest BCUT2D eigenvalue weighted by Gasteiger charge is 2.42. The van der Waals surface area contributed by atoms with Crippen molar-refractivity contribution in [3.8, 4) is 0 Å². The van der Waals surface area contributed by atoms with E-state index in [-0.39, 0.29) is 5.54 Å². The summed E-state index contributed by atoms with van der Waals surface area (Å²) in [6, 6.07) is 6.26.